The van der Waals surface area contributed by atoms with Gasteiger partial charge >= 0.3 is 0 Å². The van der Waals surface area contributed by atoms with E-state index in [1.165, 1.54) is 18.7 Å². The lowest BCUT2D eigenvalue weighted by molar-refractivity contribution is 0.0906. The van der Waals surface area contributed by atoms with Crippen molar-refractivity contribution in [3.63, 3.8) is 0 Å². The van der Waals surface area contributed by atoms with Crippen molar-refractivity contribution in [3.05, 3.63) is 23.6 Å². The van der Waals surface area contributed by atoms with E-state index in [9.17, 15) is 9.18 Å². The zero-order chi connectivity index (χ0) is 15.2. The van der Waals surface area contributed by atoms with Crippen molar-refractivity contribution in [3.8, 4) is 0 Å². The first kappa shape index (κ1) is 15.7. The lowest BCUT2D eigenvalue weighted by atomic mass is 9.86. The quantitative estimate of drug-likeness (QED) is 0.875. The summed E-state index contributed by atoms with van der Waals surface area (Å²) < 4.78 is 14.3. The van der Waals surface area contributed by atoms with Gasteiger partial charge in [-0.3, -0.25) is 4.79 Å². The Morgan fingerprint density at radius 3 is 2.90 bits per heavy atom. The van der Waals surface area contributed by atoms with Gasteiger partial charge in [0.15, 0.2) is 11.6 Å². The van der Waals surface area contributed by atoms with Crippen LogP contribution in [0.25, 0.3) is 0 Å². The molecule has 0 aliphatic heterocycles. The molecule has 0 saturated heterocycles. The van der Waals surface area contributed by atoms with Crippen molar-refractivity contribution in [1.82, 2.24) is 10.3 Å². The molecular weight excluding hydrogens is 269 g/mol. The summed E-state index contributed by atoms with van der Waals surface area (Å²) >= 11 is 0. The highest BCUT2D eigenvalue weighted by atomic mass is 19.1. The molecule has 2 atom stereocenters. The number of hydrogen-bond donors (Lipinski definition) is 2. The zero-order valence-electron chi connectivity index (χ0n) is 12.8. The predicted octanol–water partition coefficient (Wildman–Crippen LogP) is 3.35. The van der Waals surface area contributed by atoms with E-state index in [0.717, 1.165) is 25.7 Å². The Hall–Kier alpha value is -1.65. The molecule has 21 heavy (non-hydrogen) atoms. The molecule has 1 aliphatic carbocycles. The highest BCUT2D eigenvalue weighted by molar-refractivity contribution is 5.95. The van der Waals surface area contributed by atoms with Crippen LogP contribution in [-0.2, 0) is 0 Å². The first-order valence-corrected chi connectivity index (χ1v) is 7.82. The molecule has 1 aromatic heterocycles. The van der Waals surface area contributed by atoms with E-state index in [1.54, 1.807) is 0 Å². The Bertz CT molecular complexity index is 492. The van der Waals surface area contributed by atoms with Crippen LogP contribution in [0, 0.1) is 11.7 Å². The second kappa shape index (κ2) is 7.38. The van der Waals surface area contributed by atoms with Crippen molar-refractivity contribution in [1.29, 1.82) is 0 Å². The fourth-order valence-corrected chi connectivity index (χ4v) is 2.76. The van der Waals surface area contributed by atoms with E-state index in [2.05, 4.69) is 22.5 Å². The van der Waals surface area contributed by atoms with Gasteiger partial charge in [-0.1, -0.05) is 26.7 Å². The number of aromatic nitrogens is 1. The normalized spacial score (nSPS) is 21.9. The van der Waals surface area contributed by atoms with E-state index in [4.69, 9.17) is 0 Å². The Morgan fingerprint density at radius 2 is 2.19 bits per heavy atom. The third-order valence-electron chi connectivity index (χ3n) is 4.10. The molecule has 2 unspecified atom stereocenters. The van der Waals surface area contributed by atoms with Gasteiger partial charge in [-0.15, -0.1) is 0 Å². The lowest BCUT2D eigenvalue weighted by Crippen LogP contribution is -2.41. The molecule has 1 fully saturated rings. The van der Waals surface area contributed by atoms with Crippen LogP contribution in [0.3, 0.4) is 0 Å². The largest absolute Gasteiger partial charge is 0.368 e. The van der Waals surface area contributed by atoms with Crippen LogP contribution in [-0.4, -0.2) is 23.5 Å². The summed E-state index contributed by atoms with van der Waals surface area (Å²) in [6.07, 6.45) is 6.77. The maximum Gasteiger partial charge on any atom is 0.254 e. The molecule has 1 saturated carbocycles. The highest BCUT2D eigenvalue weighted by Gasteiger charge is 2.25. The Morgan fingerprint density at radius 1 is 1.43 bits per heavy atom. The Kier molecular flexibility index (Phi) is 5.53. The van der Waals surface area contributed by atoms with Crippen LogP contribution < -0.4 is 10.6 Å². The molecule has 4 nitrogen and oxygen atoms in total. The zero-order valence-corrected chi connectivity index (χ0v) is 12.8. The third-order valence-corrected chi connectivity index (χ3v) is 4.10. The molecule has 1 amide bonds. The van der Waals surface area contributed by atoms with Gasteiger partial charge in [0.1, 0.15) is 0 Å². The standard InChI is InChI=1S/C16H24FN3O/c1-3-9-18-15-14(17)12(8-10-19-15)16(21)20-13-7-5-4-6-11(13)2/h8,10-11,13H,3-7,9H2,1-2H3,(H,18,19)(H,20,21). The van der Waals surface area contributed by atoms with Gasteiger partial charge in [-0.25, -0.2) is 9.37 Å². The SMILES string of the molecule is CCCNc1nccc(C(=O)NC2CCCCC2C)c1F. The second-order valence-electron chi connectivity index (χ2n) is 5.79. The number of carbonyl (C=O) groups excluding carboxylic acids is 1. The molecule has 1 aliphatic rings. The van der Waals surface area contributed by atoms with Crippen LogP contribution in [0.1, 0.15) is 56.3 Å². The van der Waals surface area contributed by atoms with Gasteiger partial charge in [-0.05, 0) is 31.2 Å². The van der Waals surface area contributed by atoms with Gasteiger partial charge in [0, 0.05) is 18.8 Å². The average Bonchev–Trinajstić information content (AvgIpc) is 2.48. The number of amides is 1. The first-order chi connectivity index (χ1) is 10.1. The number of anilines is 1. The van der Waals surface area contributed by atoms with E-state index < -0.39 is 5.82 Å². The summed E-state index contributed by atoms with van der Waals surface area (Å²) in [7, 11) is 0. The first-order valence-electron chi connectivity index (χ1n) is 7.82. The predicted molar refractivity (Wildman–Crippen MR) is 81.9 cm³/mol. The minimum atomic E-state index is -0.563. The summed E-state index contributed by atoms with van der Waals surface area (Å²) in [6, 6.07) is 1.58. The Labute approximate surface area is 125 Å². The number of rotatable bonds is 5. The third kappa shape index (κ3) is 3.93. The molecule has 0 bridgehead atoms. The molecule has 1 aromatic rings. The topological polar surface area (TPSA) is 54.0 Å². The maximum atomic E-state index is 14.3. The molecule has 1 heterocycles. The van der Waals surface area contributed by atoms with E-state index in [0.29, 0.717) is 12.5 Å². The number of carbonyl (C=O) groups is 1. The van der Waals surface area contributed by atoms with Crippen LogP contribution in [0.4, 0.5) is 10.2 Å². The van der Waals surface area contributed by atoms with Crippen molar-refractivity contribution in [2.45, 2.75) is 52.0 Å². The summed E-state index contributed by atoms with van der Waals surface area (Å²) in [6.45, 7) is 4.77. The summed E-state index contributed by atoms with van der Waals surface area (Å²) in [5.41, 5.74) is 0.0707. The van der Waals surface area contributed by atoms with Gasteiger partial charge in [-0.2, -0.15) is 0 Å². The highest BCUT2D eigenvalue weighted by Crippen LogP contribution is 2.24. The second-order valence-corrected chi connectivity index (χ2v) is 5.79. The molecule has 116 valence electrons. The van der Waals surface area contributed by atoms with E-state index in [-0.39, 0.29) is 23.3 Å². The minimum Gasteiger partial charge on any atom is -0.368 e. The molecule has 2 N–H and O–H groups in total. The average molecular weight is 293 g/mol. The van der Waals surface area contributed by atoms with E-state index >= 15 is 0 Å². The van der Waals surface area contributed by atoms with Crippen LogP contribution in [0.5, 0.6) is 0 Å². The number of halogens is 1. The number of nitrogens with one attached hydrogen (secondary N) is 2. The Balaban J connectivity index is 2.08. The van der Waals surface area contributed by atoms with Crippen molar-refractivity contribution < 1.29 is 9.18 Å². The van der Waals surface area contributed by atoms with Gasteiger partial charge in [0.2, 0.25) is 0 Å². The van der Waals surface area contributed by atoms with Crippen LogP contribution >= 0.6 is 0 Å². The molecule has 5 heteroatoms. The minimum absolute atomic E-state index is 0.0707. The summed E-state index contributed by atoms with van der Waals surface area (Å²) in [4.78, 5) is 16.3. The number of hydrogen-bond acceptors (Lipinski definition) is 3. The fraction of sp³-hybridized carbons (Fsp3) is 0.625. The van der Waals surface area contributed by atoms with Crippen LogP contribution in [0.15, 0.2) is 12.3 Å². The molecule has 2 rings (SSSR count). The fourth-order valence-electron chi connectivity index (χ4n) is 2.76. The number of nitrogens with zero attached hydrogens (tertiary/aromatic N) is 1. The monoisotopic (exact) mass is 293 g/mol. The molecular formula is C16H24FN3O. The van der Waals surface area contributed by atoms with Gasteiger partial charge in [0.25, 0.3) is 5.91 Å². The van der Waals surface area contributed by atoms with Crippen LogP contribution in [0.2, 0.25) is 0 Å². The van der Waals surface area contributed by atoms with Crippen molar-refractivity contribution >= 4 is 11.7 Å². The summed E-state index contributed by atoms with van der Waals surface area (Å²) in [5.74, 6) is -0.299. The molecule has 0 radical (unpaired) electrons. The molecule has 0 spiro atoms. The maximum absolute atomic E-state index is 14.3. The number of pyridine rings is 1. The van der Waals surface area contributed by atoms with Gasteiger partial charge in [0.05, 0.1) is 5.56 Å². The van der Waals surface area contributed by atoms with E-state index in [1.807, 2.05) is 6.92 Å². The lowest BCUT2D eigenvalue weighted by Gasteiger charge is -2.29. The smallest absolute Gasteiger partial charge is 0.254 e. The van der Waals surface area contributed by atoms with Crippen molar-refractivity contribution in [2.75, 3.05) is 11.9 Å². The molecule has 0 aromatic carbocycles. The summed E-state index contributed by atoms with van der Waals surface area (Å²) in [5, 5.41) is 5.88. The van der Waals surface area contributed by atoms with Crippen molar-refractivity contribution in [2.24, 2.45) is 5.92 Å². The van der Waals surface area contributed by atoms with Gasteiger partial charge < -0.3 is 10.6 Å².